The second-order valence-corrected chi connectivity index (χ2v) is 5.44. The van der Waals surface area contributed by atoms with Crippen molar-refractivity contribution < 1.29 is 5.11 Å². The van der Waals surface area contributed by atoms with Gasteiger partial charge in [0.2, 0.25) is 0 Å². The van der Waals surface area contributed by atoms with Crippen molar-refractivity contribution in [3.8, 4) is 5.75 Å². The summed E-state index contributed by atoms with van der Waals surface area (Å²) in [5.74, 6) is -0.0968. The first kappa shape index (κ1) is 24.4. The van der Waals surface area contributed by atoms with E-state index in [4.69, 9.17) is 5.41 Å². The Morgan fingerprint density at radius 2 is 1.75 bits per heavy atom. The molecule has 2 N–H and O–H groups in total. The fourth-order valence-corrected chi connectivity index (χ4v) is 1.33. The first-order chi connectivity index (χ1) is 8.27. The number of benzene rings is 1. The van der Waals surface area contributed by atoms with E-state index in [0.717, 1.165) is 18.2 Å². The van der Waals surface area contributed by atoms with Crippen molar-refractivity contribution in [2.24, 2.45) is 0 Å². The Hall–Kier alpha value is -0.584. The van der Waals surface area contributed by atoms with Crippen molar-refractivity contribution in [3.05, 3.63) is 47.3 Å². The van der Waals surface area contributed by atoms with Crippen molar-refractivity contribution in [2.45, 2.75) is 52.9 Å². The van der Waals surface area contributed by atoms with Crippen LogP contribution in [0.1, 0.15) is 57.2 Å². The summed E-state index contributed by atoms with van der Waals surface area (Å²) < 4.78 is 0. The fourth-order valence-electron chi connectivity index (χ4n) is 1.33. The Kier molecular flexibility index (Phi) is 13.6. The summed E-state index contributed by atoms with van der Waals surface area (Å²) in [5.41, 5.74) is 2.11. The smallest absolute Gasteiger partial charge is 0.872 e. The summed E-state index contributed by atoms with van der Waals surface area (Å²) in [7, 11) is 0. The molecule has 0 unspecified atom stereocenters. The SMILES string of the molecule is Cc1cc(C(C)(C)C)cc(C=[N-])c1[O-].[CH2-]CCC.[Mg+2].[NH2-]. The summed E-state index contributed by atoms with van der Waals surface area (Å²) in [4.78, 5) is 0. The zero-order valence-electron chi connectivity index (χ0n) is 13.5. The molecule has 0 aliphatic carbocycles. The van der Waals surface area contributed by atoms with Crippen molar-refractivity contribution >= 4 is 29.3 Å². The first-order valence-electron chi connectivity index (χ1n) is 6.36. The quantitative estimate of drug-likeness (QED) is 0.453. The molecule has 0 saturated carbocycles. The van der Waals surface area contributed by atoms with Crippen molar-refractivity contribution in [2.75, 3.05) is 0 Å². The van der Waals surface area contributed by atoms with Gasteiger partial charge in [-0.2, -0.15) is 12.6 Å². The van der Waals surface area contributed by atoms with Crippen LogP contribution in [0.5, 0.6) is 5.75 Å². The van der Waals surface area contributed by atoms with Gasteiger partial charge in [-0.3, -0.25) is 0 Å². The molecule has 0 heterocycles. The number of hydrogen-bond acceptors (Lipinski definition) is 1. The topological polar surface area (TPSA) is 78.9 Å². The summed E-state index contributed by atoms with van der Waals surface area (Å²) in [6, 6.07) is 3.63. The van der Waals surface area contributed by atoms with Crippen LogP contribution in [0.15, 0.2) is 12.1 Å². The molecule has 110 valence electrons. The van der Waals surface area contributed by atoms with E-state index in [2.05, 4.69) is 34.6 Å². The summed E-state index contributed by atoms with van der Waals surface area (Å²) in [5, 5.41) is 20.4. The Morgan fingerprint density at radius 3 is 2.05 bits per heavy atom. The normalized spacial score (nSPS) is 9.50. The Labute approximate surface area is 140 Å². The molecule has 1 aromatic carbocycles. The standard InChI is InChI=1S/C12H16NO.C4H9.Mg.H2N/c1-8-5-10(12(2,3)4)6-9(7-13)11(8)14;1-3-4-2;;/h5-7,14H,1-4H3;1,3-4H2,2H3;;1H2/q2*-1;+2;-1/p-1. The fraction of sp³-hybridized carbons (Fsp3) is 0.500. The number of nitrogens with two attached hydrogens (primary N) is 1. The molecule has 1 aromatic rings. The molecule has 0 aliphatic rings. The zero-order chi connectivity index (χ0) is 14.3. The van der Waals surface area contributed by atoms with Gasteiger partial charge in [-0.1, -0.05) is 57.4 Å². The molecule has 0 fully saturated rings. The molecule has 0 aromatic heterocycles. The third-order valence-corrected chi connectivity index (χ3v) is 2.66. The summed E-state index contributed by atoms with van der Waals surface area (Å²) in [6.45, 7) is 13.7. The van der Waals surface area contributed by atoms with Gasteiger partial charge >= 0.3 is 23.1 Å². The average molecular weight is 287 g/mol. The van der Waals surface area contributed by atoms with Crippen LogP contribution in [0.25, 0.3) is 11.6 Å². The van der Waals surface area contributed by atoms with Gasteiger partial charge in [-0.05, 0) is 17.9 Å². The largest absolute Gasteiger partial charge is 2.00 e. The van der Waals surface area contributed by atoms with E-state index in [1.165, 1.54) is 6.42 Å². The Bertz CT molecular complexity index is 396. The maximum absolute atomic E-state index is 11.5. The minimum Gasteiger partial charge on any atom is -0.872 e. The predicted octanol–water partition coefficient (Wildman–Crippen LogP) is 4.31. The molecule has 20 heavy (non-hydrogen) atoms. The van der Waals surface area contributed by atoms with Gasteiger partial charge in [0.15, 0.2) is 0 Å². The minimum atomic E-state index is -0.0968. The van der Waals surface area contributed by atoms with Crippen molar-refractivity contribution in [1.29, 1.82) is 0 Å². The first-order valence-corrected chi connectivity index (χ1v) is 6.36. The number of unbranched alkanes of at least 4 members (excludes halogenated alkanes) is 1. The van der Waals surface area contributed by atoms with Crippen LogP contribution in [-0.2, 0) is 5.41 Å². The van der Waals surface area contributed by atoms with E-state index in [9.17, 15) is 5.11 Å². The molecule has 0 radical (unpaired) electrons. The van der Waals surface area contributed by atoms with Gasteiger partial charge in [0.05, 0.1) is 0 Å². The molecule has 0 bridgehead atoms. The molecule has 0 amide bonds. The van der Waals surface area contributed by atoms with E-state index in [1.807, 2.05) is 6.07 Å². The molecular formula is C16H26MgN2O-2. The predicted molar refractivity (Wildman–Crippen MR) is 89.2 cm³/mol. The van der Waals surface area contributed by atoms with Crippen LogP contribution < -0.4 is 5.11 Å². The van der Waals surface area contributed by atoms with E-state index in [-0.39, 0.29) is 40.4 Å². The molecule has 3 nitrogen and oxygen atoms in total. The maximum atomic E-state index is 11.5. The van der Waals surface area contributed by atoms with Gasteiger partial charge in [-0.15, -0.1) is 5.75 Å². The van der Waals surface area contributed by atoms with E-state index in [0.29, 0.717) is 11.1 Å². The van der Waals surface area contributed by atoms with Crippen LogP contribution in [0.2, 0.25) is 0 Å². The van der Waals surface area contributed by atoms with Gasteiger partial charge in [-0.25, -0.2) is 0 Å². The van der Waals surface area contributed by atoms with E-state index < -0.39 is 0 Å². The zero-order valence-corrected chi connectivity index (χ0v) is 14.9. The molecule has 1 rings (SSSR count). The van der Waals surface area contributed by atoms with Gasteiger partial charge < -0.3 is 23.6 Å². The second-order valence-electron chi connectivity index (χ2n) is 5.44. The summed E-state index contributed by atoms with van der Waals surface area (Å²) >= 11 is 0. The Balaban J connectivity index is -0.000000429. The van der Waals surface area contributed by atoms with E-state index in [1.54, 1.807) is 13.0 Å². The molecular weight excluding hydrogens is 260 g/mol. The average Bonchev–Trinajstić information content (AvgIpc) is 2.31. The Morgan fingerprint density at radius 1 is 1.30 bits per heavy atom. The van der Waals surface area contributed by atoms with Crippen LogP contribution in [0.4, 0.5) is 0 Å². The van der Waals surface area contributed by atoms with Crippen molar-refractivity contribution in [1.82, 2.24) is 0 Å². The van der Waals surface area contributed by atoms with Crippen LogP contribution in [-0.4, -0.2) is 29.3 Å². The molecule has 0 atom stereocenters. The van der Waals surface area contributed by atoms with E-state index >= 15 is 0 Å². The third-order valence-electron chi connectivity index (χ3n) is 2.66. The minimum absolute atomic E-state index is 0. The molecule has 4 heteroatoms. The van der Waals surface area contributed by atoms with Crippen LogP contribution in [0.3, 0.4) is 0 Å². The number of nitrogens with zero attached hydrogens (tertiary/aromatic N) is 1. The van der Waals surface area contributed by atoms with Crippen molar-refractivity contribution in [3.63, 3.8) is 0 Å². The van der Waals surface area contributed by atoms with Gasteiger partial charge in [0, 0.05) is 0 Å². The maximum Gasteiger partial charge on any atom is 2.00 e. The number of hydrogen-bond donors (Lipinski definition) is 0. The van der Waals surface area contributed by atoms with Gasteiger partial charge in [0.25, 0.3) is 0 Å². The van der Waals surface area contributed by atoms with Gasteiger partial charge in [0.1, 0.15) is 0 Å². The molecule has 0 spiro atoms. The molecule has 0 aliphatic heterocycles. The third kappa shape index (κ3) is 7.87. The number of rotatable bonds is 2. The number of aryl methyl sites for hydroxylation is 1. The second kappa shape index (κ2) is 11.1. The summed E-state index contributed by atoms with van der Waals surface area (Å²) in [6.07, 6.45) is 3.16. The van der Waals surface area contributed by atoms with Crippen LogP contribution in [0, 0.1) is 13.8 Å². The molecule has 0 saturated heterocycles. The monoisotopic (exact) mass is 286 g/mol. The van der Waals surface area contributed by atoms with Crippen LogP contribution >= 0.6 is 0 Å².